The minimum atomic E-state index is -0.131. The molecular formula is C23H26ClN3O5. The summed E-state index contributed by atoms with van der Waals surface area (Å²) in [5.74, 6) is 0.709. The third-order valence-electron chi connectivity index (χ3n) is 5.98. The first-order valence-electron chi connectivity index (χ1n) is 10.8. The highest BCUT2D eigenvalue weighted by molar-refractivity contribution is 6.30. The summed E-state index contributed by atoms with van der Waals surface area (Å²) in [6.45, 7) is 3.04. The summed E-state index contributed by atoms with van der Waals surface area (Å²) in [5.41, 5.74) is 0. The van der Waals surface area contributed by atoms with Gasteiger partial charge in [-0.05, 0) is 49.2 Å². The van der Waals surface area contributed by atoms with Crippen LogP contribution in [0.3, 0.4) is 0 Å². The second-order valence-electron chi connectivity index (χ2n) is 7.99. The van der Waals surface area contributed by atoms with Crippen molar-refractivity contribution in [3.8, 4) is 5.75 Å². The fourth-order valence-electron chi connectivity index (χ4n) is 4.09. The zero-order chi connectivity index (χ0) is 22.5. The van der Waals surface area contributed by atoms with Crippen LogP contribution in [-0.2, 0) is 9.59 Å². The number of ether oxygens (including phenoxy) is 1. The largest absolute Gasteiger partial charge is 0.484 e. The highest BCUT2D eigenvalue weighted by Crippen LogP contribution is 2.22. The summed E-state index contributed by atoms with van der Waals surface area (Å²) >= 11 is 5.85. The van der Waals surface area contributed by atoms with Crippen molar-refractivity contribution in [2.24, 2.45) is 5.92 Å². The molecule has 1 aromatic heterocycles. The molecule has 32 heavy (non-hydrogen) atoms. The molecule has 9 heteroatoms. The number of likely N-dealkylation sites (tertiary alicyclic amines) is 1. The van der Waals surface area contributed by atoms with Crippen molar-refractivity contribution in [3.05, 3.63) is 53.4 Å². The summed E-state index contributed by atoms with van der Waals surface area (Å²) in [7, 11) is 0. The minimum absolute atomic E-state index is 0.0439. The Labute approximate surface area is 191 Å². The van der Waals surface area contributed by atoms with E-state index in [4.69, 9.17) is 20.8 Å². The summed E-state index contributed by atoms with van der Waals surface area (Å²) in [6.07, 6.45) is 2.76. The number of hydrogen-bond acceptors (Lipinski definition) is 5. The lowest BCUT2D eigenvalue weighted by Gasteiger charge is -2.38. The number of hydrogen-bond donors (Lipinski definition) is 0. The highest BCUT2D eigenvalue weighted by Gasteiger charge is 2.33. The molecule has 0 spiro atoms. The first-order valence-corrected chi connectivity index (χ1v) is 11.2. The molecule has 3 heterocycles. The number of piperidine rings is 1. The van der Waals surface area contributed by atoms with E-state index < -0.39 is 0 Å². The molecule has 1 aromatic carbocycles. The van der Waals surface area contributed by atoms with E-state index in [0.29, 0.717) is 68.6 Å². The lowest BCUT2D eigenvalue weighted by molar-refractivity contribution is -0.143. The van der Waals surface area contributed by atoms with Gasteiger partial charge in [-0.1, -0.05) is 11.6 Å². The van der Waals surface area contributed by atoms with Gasteiger partial charge in [-0.2, -0.15) is 0 Å². The minimum Gasteiger partial charge on any atom is -0.484 e. The molecule has 0 bridgehead atoms. The predicted octanol–water partition coefficient (Wildman–Crippen LogP) is 2.54. The van der Waals surface area contributed by atoms with Gasteiger partial charge in [-0.3, -0.25) is 14.4 Å². The lowest BCUT2D eigenvalue weighted by atomic mass is 9.94. The van der Waals surface area contributed by atoms with Crippen LogP contribution in [0.25, 0.3) is 0 Å². The molecule has 3 amide bonds. The zero-order valence-corrected chi connectivity index (χ0v) is 18.5. The molecule has 2 saturated heterocycles. The van der Waals surface area contributed by atoms with Crippen LogP contribution < -0.4 is 4.74 Å². The number of benzene rings is 1. The van der Waals surface area contributed by atoms with Crippen LogP contribution in [0.15, 0.2) is 47.1 Å². The Morgan fingerprint density at radius 2 is 1.56 bits per heavy atom. The standard InChI is InChI=1S/C23H26ClN3O5/c24-18-3-5-19(6-4-18)32-16-21(28)25-11-13-27(14-12-25)22(29)17-7-9-26(10-8-17)23(30)20-2-1-15-31-20/h1-6,15,17H,7-14,16H2. The number of piperazine rings is 1. The molecule has 170 valence electrons. The third kappa shape index (κ3) is 5.24. The molecule has 2 aromatic rings. The summed E-state index contributed by atoms with van der Waals surface area (Å²) in [5, 5.41) is 0.610. The quantitative estimate of drug-likeness (QED) is 0.686. The maximum atomic E-state index is 12.9. The molecule has 0 unspecified atom stereocenters. The number of nitrogens with zero attached hydrogens (tertiary/aromatic N) is 3. The fourth-order valence-corrected chi connectivity index (χ4v) is 4.21. The van der Waals surface area contributed by atoms with E-state index >= 15 is 0 Å². The van der Waals surface area contributed by atoms with Crippen LogP contribution in [-0.4, -0.2) is 78.3 Å². The van der Waals surface area contributed by atoms with Gasteiger partial charge in [0, 0.05) is 50.2 Å². The molecule has 0 aliphatic carbocycles. The van der Waals surface area contributed by atoms with E-state index in [-0.39, 0.29) is 30.2 Å². The second-order valence-corrected chi connectivity index (χ2v) is 8.43. The van der Waals surface area contributed by atoms with Gasteiger partial charge in [0.1, 0.15) is 5.75 Å². The van der Waals surface area contributed by atoms with Gasteiger partial charge >= 0.3 is 0 Å². The van der Waals surface area contributed by atoms with Crippen LogP contribution in [0.5, 0.6) is 5.75 Å². The van der Waals surface area contributed by atoms with E-state index in [1.54, 1.807) is 46.2 Å². The van der Waals surface area contributed by atoms with E-state index in [2.05, 4.69) is 0 Å². The average molecular weight is 460 g/mol. The Morgan fingerprint density at radius 1 is 0.906 bits per heavy atom. The first kappa shape index (κ1) is 22.2. The van der Waals surface area contributed by atoms with Crippen molar-refractivity contribution in [1.82, 2.24) is 14.7 Å². The van der Waals surface area contributed by atoms with Crippen LogP contribution >= 0.6 is 11.6 Å². The number of rotatable bonds is 5. The molecule has 8 nitrogen and oxygen atoms in total. The van der Waals surface area contributed by atoms with Gasteiger partial charge < -0.3 is 23.9 Å². The van der Waals surface area contributed by atoms with Crippen LogP contribution in [0, 0.1) is 5.92 Å². The van der Waals surface area contributed by atoms with Gasteiger partial charge in [0.25, 0.3) is 11.8 Å². The Balaban J connectivity index is 1.19. The van der Waals surface area contributed by atoms with E-state index in [1.807, 2.05) is 4.90 Å². The number of halogens is 1. The molecule has 4 rings (SSSR count). The van der Waals surface area contributed by atoms with Crippen LogP contribution in [0.2, 0.25) is 5.02 Å². The van der Waals surface area contributed by atoms with Gasteiger partial charge in [0.05, 0.1) is 6.26 Å². The molecular weight excluding hydrogens is 434 g/mol. The molecule has 0 radical (unpaired) electrons. The Hall–Kier alpha value is -3.00. The van der Waals surface area contributed by atoms with Crippen molar-refractivity contribution in [2.75, 3.05) is 45.9 Å². The van der Waals surface area contributed by atoms with Crippen molar-refractivity contribution in [2.45, 2.75) is 12.8 Å². The lowest BCUT2D eigenvalue weighted by Crippen LogP contribution is -2.53. The van der Waals surface area contributed by atoms with Crippen LogP contribution in [0.4, 0.5) is 0 Å². The molecule has 2 fully saturated rings. The Kier molecular flexibility index (Phi) is 6.99. The number of carbonyl (C=O) groups excluding carboxylic acids is 3. The summed E-state index contributed by atoms with van der Waals surface area (Å²) in [6, 6.07) is 10.2. The van der Waals surface area contributed by atoms with Gasteiger partial charge in [0.2, 0.25) is 5.91 Å². The van der Waals surface area contributed by atoms with Gasteiger partial charge in [-0.15, -0.1) is 0 Å². The molecule has 2 aliphatic heterocycles. The third-order valence-corrected chi connectivity index (χ3v) is 6.24. The van der Waals surface area contributed by atoms with Gasteiger partial charge in [0.15, 0.2) is 12.4 Å². The van der Waals surface area contributed by atoms with E-state index in [9.17, 15) is 14.4 Å². The number of amides is 3. The first-order chi connectivity index (χ1) is 15.5. The van der Waals surface area contributed by atoms with Crippen molar-refractivity contribution < 1.29 is 23.5 Å². The molecule has 0 atom stereocenters. The highest BCUT2D eigenvalue weighted by atomic mass is 35.5. The predicted molar refractivity (Wildman–Crippen MR) is 117 cm³/mol. The Morgan fingerprint density at radius 3 is 2.19 bits per heavy atom. The molecule has 2 aliphatic rings. The average Bonchev–Trinajstić information content (AvgIpc) is 3.38. The Bertz CT molecular complexity index is 931. The van der Waals surface area contributed by atoms with Crippen molar-refractivity contribution in [3.63, 3.8) is 0 Å². The maximum Gasteiger partial charge on any atom is 0.289 e. The summed E-state index contributed by atoms with van der Waals surface area (Å²) in [4.78, 5) is 43.1. The topological polar surface area (TPSA) is 83.3 Å². The SMILES string of the molecule is O=C(COc1ccc(Cl)cc1)N1CCN(C(=O)C2CCN(C(=O)c3ccco3)CC2)CC1. The smallest absolute Gasteiger partial charge is 0.289 e. The van der Waals surface area contributed by atoms with Crippen molar-refractivity contribution in [1.29, 1.82) is 0 Å². The van der Waals surface area contributed by atoms with E-state index in [0.717, 1.165) is 0 Å². The normalized spacial score (nSPS) is 17.3. The van der Waals surface area contributed by atoms with Crippen molar-refractivity contribution >= 4 is 29.3 Å². The molecule has 0 N–H and O–H groups in total. The van der Waals surface area contributed by atoms with Gasteiger partial charge in [-0.25, -0.2) is 0 Å². The van der Waals surface area contributed by atoms with E-state index in [1.165, 1.54) is 6.26 Å². The molecule has 0 saturated carbocycles. The second kappa shape index (κ2) is 10.1. The maximum absolute atomic E-state index is 12.9. The zero-order valence-electron chi connectivity index (χ0n) is 17.7. The fraction of sp³-hybridized carbons (Fsp3) is 0.435. The number of furan rings is 1. The van der Waals surface area contributed by atoms with Crippen LogP contribution in [0.1, 0.15) is 23.4 Å². The number of carbonyl (C=O) groups is 3. The summed E-state index contributed by atoms with van der Waals surface area (Å²) < 4.78 is 10.7. The monoisotopic (exact) mass is 459 g/mol.